The van der Waals surface area contributed by atoms with Gasteiger partial charge in [-0.1, -0.05) is 54.1 Å². The summed E-state index contributed by atoms with van der Waals surface area (Å²) in [4.78, 5) is 59.5. The molecule has 3 saturated heterocycles. The van der Waals surface area contributed by atoms with Crippen molar-refractivity contribution in [1.29, 1.82) is 0 Å². The van der Waals surface area contributed by atoms with Gasteiger partial charge in [-0.2, -0.15) is 0 Å². The van der Waals surface area contributed by atoms with Gasteiger partial charge in [-0.3, -0.25) is 19.2 Å². The second-order valence-corrected chi connectivity index (χ2v) is 13.4. The first kappa shape index (κ1) is 37.2. The minimum absolute atomic E-state index is 0.0581. The number of halogens is 1. The van der Waals surface area contributed by atoms with Crippen LogP contribution < -0.4 is 10.2 Å². The van der Waals surface area contributed by atoms with Gasteiger partial charge in [-0.05, 0) is 61.9 Å². The summed E-state index contributed by atoms with van der Waals surface area (Å²) in [6.07, 6.45) is 4.11. The van der Waals surface area contributed by atoms with E-state index < -0.39 is 47.7 Å². The largest absolute Gasteiger partial charge is 0.455 e. The van der Waals surface area contributed by atoms with Crippen LogP contribution >= 0.6 is 11.6 Å². The van der Waals surface area contributed by atoms with Crippen LogP contribution in [0.1, 0.15) is 50.2 Å². The molecule has 0 aromatic heterocycles. The number of aliphatic hydroxyl groups excluding tert-OH is 1. The van der Waals surface area contributed by atoms with Crippen molar-refractivity contribution < 1.29 is 38.5 Å². The number of ether oxygens (including phenoxy) is 3. The third-order valence-corrected chi connectivity index (χ3v) is 10.1. The second-order valence-electron chi connectivity index (χ2n) is 13.0. The van der Waals surface area contributed by atoms with E-state index in [1.807, 2.05) is 18.2 Å². The number of anilines is 1. The van der Waals surface area contributed by atoms with Crippen LogP contribution in [0.3, 0.4) is 0 Å². The molecule has 3 aliphatic heterocycles. The van der Waals surface area contributed by atoms with Crippen molar-refractivity contribution in [2.45, 2.75) is 68.4 Å². The molecule has 0 saturated carbocycles. The summed E-state index contributed by atoms with van der Waals surface area (Å²) in [5, 5.41) is 13.0. The van der Waals surface area contributed by atoms with Crippen LogP contribution in [0, 0.1) is 11.8 Å². The zero-order chi connectivity index (χ0) is 35.8. The van der Waals surface area contributed by atoms with Crippen molar-refractivity contribution >= 4 is 41.0 Å². The number of amides is 3. The van der Waals surface area contributed by atoms with E-state index in [-0.39, 0.29) is 50.4 Å². The van der Waals surface area contributed by atoms with Gasteiger partial charge in [0, 0.05) is 43.9 Å². The van der Waals surface area contributed by atoms with Crippen molar-refractivity contribution in [3.05, 3.63) is 90.5 Å². The average molecular weight is 708 g/mol. The number of methoxy groups -OCH3 is 1. The van der Waals surface area contributed by atoms with Crippen LogP contribution in [-0.2, 0) is 33.4 Å². The molecule has 2 aromatic carbocycles. The summed E-state index contributed by atoms with van der Waals surface area (Å²) in [5.74, 6) is -3.55. The molecular formula is C38H46ClN3O8. The lowest BCUT2D eigenvalue weighted by molar-refractivity contribution is -0.163. The van der Waals surface area contributed by atoms with Gasteiger partial charge in [0.25, 0.3) is 5.91 Å². The molecule has 2 N–H and O–H groups in total. The Labute approximate surface area is 298 Å². The van der Waals surface area contributed by atoms with Gasteiger partial charge in [0.15, 0.2) is 0 Å². The molecule has 268 valence electrons. The average Bonchev–Trinajstić information content (AvgIpc) is 3.76. The first-order valence-corrected chi connectivity index (χ1v) is 17.5. The Balaban J connectivity index is 1.48. The predicted octanol–water partition coefficient (Wildman–Crippen LogP) is 4.39. The molecule has 11 nitrogen and oxygen atoms in total. The molecule has 7 atom stereocenters. The van der Waals surface area contributed by atoms with E-state index in [2.05, 4.69) is 18.5 Å². The molecule has 50 heavy (non-hydrogen) atoms. The minimum Gasteiger partial charge on any atom is -0.455 e. The first-order chi connectivity index (χ1) is 24.2. The number of nitrogens with one attached hydrogen (secondary N) is 1. The molecule has 1 spiro atoms. The van der Waals surface area contributed by atoms with Gasteiger partial charge in [-0.15, -0.1) is 13.2 Å². The lowest BCUT2D eigenvalue weighted by Gasteiger charge is -2.37. The predicted molar refractivity (Wildman–Crippen MR) is 188 cm³/mol. The van der Waals surface area contributed by atoms with E-state index in [9.17, 15) is 24.3 Å². The van der Waals surface area contributed by atoms with E-state index >= 15 is 0 Å². The van der Waals surface area contributed by atoms with Crippen LogP contribution in [0.2, 0.25) is 5.02 Å². The van der Waals surface area contributed by atoms with Gasteiger partial charge in [0.1, 0.15) is 17.7 Å². The van der Waals surface area contributed by atoms with Crippen LogP contribution in [0.25, 0.3) is 0 Å². The Hall–Kier alpha value is -4.03. The van der Waals surface area contributed by atoms with Crippen LogP contribution in [-0.4, -0.2) is 90.9 Å². The lowest BCUT2D eigenvalue weighted by atomic mass is 9.70. The monoisotopic (exact) mass is 707 g/mol. The van der Waals surface area contributed by atoms with Crippen molar-refractivity contribution in [3.8, 4) is 0 Å². The summed E-state index contributed by atoms with van der Waals surface area (Å²) in [7, 11) is 1.50. The maximum absolute atomic E-state index is 14.7. The summed E-state index contributed by atoms with van der Waals surface area (Å²) in [6, 6.07) is 14.2. The Morgan fingerprint density at radius 1 is 1.14 bits per heavy atom. The SMILES string of the molecule is C=CCCC(=O)N[C@@H](COC)[C@@H](OC(=O)[C@@H]1[C@H]2C(=O)N(CCCCO)[C@H](C(=O)N(CC=C)c3ccc(Cl)cc3)[C@]23CC[C@H]1O3)c1ccccc1. The number of carbonyl (C=O) groups excluding carboxylic acids is 4. The molecule has 3 aliphatic rings. The fourth-order valence-corrected chi connectivity index (χ4v) is 7.81. The third-order valence-electron chi connectivity index (χ3n) is 9.83. The normalized spacial score (nSPS) is 24.7. The first-order valence-electron chi connectivity index (χ1n) is 17.1. The maximum Gasteiger partial charge on any atom is 0.313 e. The summed E-state index contributed by atoms with van der Waals surface area (Å²) < 4.78 is 18.4. The van der Waals surface area contributed by atoms with E-state index in [0.717, 1.165) is 0 Å². The van der Waals surface area contributed by atoms with E-state index in [4.69, 9.17) is 25.8 Å². The van der Waals surface area contributed by atoms with Crippen LogP contribution in [0.5, 0.6) is 0 Å². The number of aliphatic hydroxyl groups is 1. The number of esters is 1. The van der Waals surface area contributed by atoms with Crippen molar-refractivity contribution in [2.75, 3.05) is 38.3 Å². The minimum atomic E-state index is -1.26. The standard InChI is InChI=1S/C38H46ClN3O8/c1-4-6-14-30(44)40-28(24-48-3)33(25-12-8-7-9-13-25)49-37(47)31-29-19-20-38(50-29)32(31)35(45)42(22-10-11-23-43)34(38)36(46)41(21-5-2)27-17-15-26(39)16-18-27/h4-5,7-9,12-13,15-18,28-29,31-34,43H,1-2,6,10-11,14,19-24H2,3H3,(H,40,44)/t28-,29+,31-,32-,33-,34+,38-/m0/s1. The zero-order valence-electron chi connectivity index (χ0n) is 28.4. The summed E-state index contributed by atoms with van der Waals surface area (Å²) in [6.45, 7) is 7.89. The van der Waals surface area contributed by atoms with Crippen molar-refractivity contribution in [2.24, 2.45) is 11.8 Å². The fraction of sp³-hybridized carbons (Fsp3) is 0.474. The third kappa shape index (κ3) is 7.51. The number of allylic oxidation sites excluding steroid dienone is 1. The molecular weight excluding hydrogens is 662 g/mol. The Kier molecular flexibility index (Phi) is 12.5. The molecule has 0 aliphatic carbocycles. The highest BCUT2D eigenvalue weighted by molar-refractivity contribution is 6.30. The molecule has 0 radical (unpaired) electrons. The highest BCUT2D eigenvalue weighted by atomic mass is 35.5. The van der Waals surface area contributed by atoms with E-state index in [0.29, 0.717) is 48.4 Å². The van der Waals surface area contributed by atoms with Gasteiger partial charge in [-0.25, -0.2) is 0 Å². The number of likely N-dealkylation sites (tertiary alicyclic amines) is 1. The number of hydrogen-bond donors (Lipinski definition) is 2. The number of rotatable bonds is 18. The Morgan fingerprint density at radius 2 is 1.88 bits per heavy atom. The van der Waals surface area contributed by atoms with Gasteiger partial charge < -0.3 is 34.4 Å². The summed E-state index contributed by atoms with van der Waals surface area (Å²) >= 11 is 6.15. The molecule has 3 fully saturated rings. The van der Waals surface area contributed by atoms with Crippen LogP contribution in [0.4, 0.5) is 5.69 Å². The summed E-state index contributed by atoms with van der Waals surface area (Å²) in [5.41, 5.74) is -0.0404. The number of fused-ring (bicyclic) bond motifs is 1. The second kappa shape index (κ2) is 16.8. The van der Waals surface area contributed by atoms with Gasteiger partial charge in [0.05, 0.1) is 30.6 Å². The van der Waals surface area contributed by atoms with Gasteiger partial charge >= 0.3 is 5.97 Å². The Bertz CT molecular complexity index is 1540. The van der Waals surface area contributed by atoms with E-state index in [1.165, 1.54) is 12.0 Å². The van der Waals surface area contributed by atoms with Crippen LogP contribution in [0.15, 0.2) is 79.9 Å². The molecule has 0 unspecified atom stereocenters. The Morgan fingerprint density at radius 3 is 2.54 bits per heavy atom. The number of nitrogens with zero attached hydrogens (tertiary/aromatic N) is 2. The molecule has 3 heterocycles. The number of benzene rings is 2. The molecule has 3 amide bonds. The highest BCUT2D eigenvalue weighted by Gasteiger charge is 2.75. The van der Waals surface area contributed by atoms with Crippen molar-refractivity contribution in [1.82, 2.24) is 10.2 Å². The molecule has 2 bridgehead atoms. The smallest absolute Gasteiger partial charge is 0.313 e. The van der Waals surface area contributed by atoms with Gasteiger partial charge in [0.2, 0.25) is 11.8 Å². The number of unbranched alkanes of at least 4 members (excludes halogenated alkanes) is 1. The van der Waals surface area contributed by atoms with E-state index in [1.54, 1.807) is 53.5 Å². The molecule has 5 rings (SSSR count). The highest BCUT2D eigenvalue weighted by Crippen LogP contribution is 2.59. The number of hydrogen-bond acceptors (Lipinski definition) is 8. The fourth-order valence-electron chi connectivity index (χ4n) is 7.68. The lowest BCUT2D eigenvalue weighted by Crippen LogP contribution is -2.56. The number of carbonyl (C=O) groups is 4. The van der Waals surface area contributed by atoms with Crippen molar-refractivity contribution in [3.63, 3.8) is 0 Å². The maximum atomic E-state index is 14.7. The topological polar surface area (TPSA) is 135 Å². The molecule has 12 heteroatoms. The zero-order valence-corrected chi connectivity index (χ0v) is 29.1. The molecule has 2 aromatic rings. The quantitative estimate of drug-likeness (QED) is 0.132.